The van der Waals surface area contributed by atoms with Crippen LogP contribution in [0.4, 0.5) is 23.8 Å². The van der Waals surface area contributed by atoms with Crippen LogP contribution in [0.25, 0.3) is 32.9 Å². The molecule has 2 aromatic heterocycles. The number of pyridine rings is 1. The van der Waals surface area contributed by atoms with Crippen LogP contribution < -0.4 is 15.0 Å². The molecule has 2 aromatic carbocycles. The summed E-state index contributed by atoms with van der Waals surface area (Å²) in [5, 5.41) is 5.31. The van der Waals surface area contributed by atoms with Gasteiger partial charge in [0.05, 0.1) is 23.1 Å². The van der Waals surface area contributed by atoms with Crippen molar-refractivity contribution in [1.82, 2.24) is 25.2 Å². The second-order valence-corrected chi connectivity index (χ2v) is 13.9. The van der Waals surface area contributed by atoms with Crippen molar-refractivity contribution in [2.75, 3.05) is 44.3 Å². The number of rotatable bonds is 3. The van der Waals surface area contributed by atoms with E-state index in [1.807, 2.05) is 48.2 Å². The van der Waals surface area contributed by atoms with E-state index in [0.29, 0.717) is 55.7 Å². The van der Waals surface area contributed by atoms with Gasteiger partial charge in [-0.3, -0.25) is 9.88 Å². The summed E-state index contributed by atoms with van der Waals surface area (Å²) in [6.07, 6.45) is 4.00. The molecule has 5 aliphatic heterocycles. The molecule has 7 heterocycles. The van der Waals surface area contributed by atoms with Gasteiger partial charge in [0.2, 0.25) is 0 Å². The highest BCUT2D eigenvalue weighted by atomic mass is 19.3. The highest BCUT2D eigenvalue weighted by Gasteiger charge is 2.48. The Morgan fingerprint density at radius 3 is 2.77 bits per heavy atom. The number of anilines is 1. The van der Waals surface area contributed by atoms with Crippen LogP contribution in [0.1, 0.15) is 51.0 Å². The predicted octanol–water partition coefficient (Wildman–Crippen LogP) is 6.78. The lowest BCUT2D eigenvalue weighted by Crippen LogP contribution is -2.57. The lowest BCUT2D eigenvalue weighted by molar-refractivity contribution is 0.108. The minimum Gasteiger partial charge on any atom is -0.461 e. The fourth-order valence-corrected chi connectivity index (χ4v) is 8.24. The SMILES string of the molecule is C[C@@]12CCCN(C1)c1nc(OC[C@@]34CCCN3CC(=C(F)F)C4)nc3c(F)c(ncc13)-c1cccc3cccc(c13)CCCOC(=O)N2. The standard InChI is InChI=1S/C36H37F3N6O3/c1-35-12-5-14-44(20-35)32-26-18-40-29(25-11-3-9-22-7-2-8-23(27(22)25)10-4-16-47-34(46)43-35)28(37)30(26)41-33(42-32)48-21-36-13-6-15-45(36)19-24(17-36)31(38)39/h2-3,7-9,11,18H,4-6,10,12-17,19-21H2,1H3,(H,43,46)/t35-,36+/m1/s1. The van der Waals surface area contributed by atoms with Crippen molar-refractivity contribution in [3.63, 3.8) is 0 Å². The van der Waals surface area contributed by atoms with Gasteiger partial charge in [-0.15, -0.1) is 0 Å². The van der Waals surface area contributed by atoms with E-state index in [4.69, 9.17) is 19.4 Å². The first-order valence-electron chi connectivity index (χ1n) is 16.7. The Hall–Kier alpha value is -4.45. The fraction of sp³-hybridized carbons (Fsp3) is 0.444. The van der Waals surface area contributed by atoms with Gasteiger partial charge in [-0.2, -0.15) is 18.7 Å². The molecule has 3 fully saturated rings. The van der Waals surface area contributed by atoms with E-state index in [9.17, 15) is 13.6 Å². The molecule has 48 heavy (non-hydrogen) atoms. The zero-order chi connectivity index (χ0) is 33.0. The summed E-state index contributed by atoms with van der Waals surface area (Å²) in [6.45, 7) is 4.23. The number of nitrogens with one attached hydrogen (secondary N) is 1. The Bertz CT molecular complexity index is 1960. The number of aryl methyl sites for hydroxylation is 1. The molecule has 6 bridgehead atoms. The Morgan fingerprint density at radius 1 is 1.08 bits per heavy atom. The third-order valence-electron chi connectivity index (χ3n) is 10.5. The van der Waals surface area contributed by atoms with Crippen LogP contribution in [-0.2, 0) is 11.2 Å². The first kappa shape index (κ1) is 30.9. The number of hydrogen-bond acceptors (Lipinski definition) is 8. The molecule has 0 unspecified atom stereocenters. The molecule has 0 radical (unpaired) electrons. The number of nitrogens with zero attached hydrogens (tertiary/aromatic N) is 5. The van der Waals surface area contributed by atoms with E-state index < -0.39 is 29.1 Å². The van der Waals surface area contributed by atoms with Gasteiger partial charge >= 0.3 is 12.1 Å². The number of aromatic nitrogens is 3. The third kappa shape index (κ3) is 5.39. The zero-order valence-corrected chi connectivity index (χ0v) is 26.8. The van der Waals surface area contributed by atoms with Crippen molar-refractivity contribution < 1.29 is 27.4 Å². The first-order chi connectivity index (χ1) is 23.2. The van der Waals surface area contributed by atoms with Crippen molar-refractivity contribution in [1.29, 1.82) is 0 Å². The summed E-state index contributed by atoms with van der Waals surface area (Å²) < 4.78 is 56.2. The molecule has 0 spiro atoms. The summed E-state index contributed by atoms with van der Waals surface area (Å²) >= 11 is 0. The van der Waals surface area contributed by atoms with Crippen LogP contribution in [0.5, 0.6) is 6.01 Å². The highest BCUT2D eigenvalue weighted by Crippen LogP contribution is 2.43. The number of amides is 1. The molecule has 1 N–H and O–H groups in total. The lowest BCUT2D eigenvalue weighted by Gasteiger charge is -2.41. The van der Waals surface area contributed by atoms with E-state index in [0.717, 1.165) is 35.6 Å². The third-order valence-corrected chi connectivity index (χ3v) is 10.5. The van der Waals surface area contributed by atoms with E-state index in [1.165, 1.54) is 0 Å². The summed E-state index contributed by atoms with van der Waals surface area (Å²) in [7, 11) is 0. The smallest absolute Gasteiger partial charge is 0.407 e. The van der Waals surface area contributed by atoms with Crippen molar-refractivity contribution in [2.24, 2.45) is 0 Å². The first-order valence-corrected chi connectivity index (χ1v) is 16.7. The molecular formula is C36H37F3N6O3. The number of hydrogen-bond donors (Lipinski definition) is 1. The Morgan fingerprint density at radius 2 is 1.92 bits per heavy atom. The van der Waals surface area contributed by atoms with Crippen molar-refractivity contribution in [2.45, 2.75) is 62.9 Å². The topological polar surface area (TPSA) is 92.7 Å². The van der Waals surface area contributed by atoms with Crippen LogP contribution in [0, 0.1) is 5.82 Å². The number of fused-ring (bicyclic) bond motifs is 7. The van der Waals surface area contributed by atoms with E-state index in [2.05, 4.69) is 15.2 Å². The van der Waals surface area contributed by atoms with Crippen LogP contribution >= 0.6 is 0 Å². The molecule has 3 saturated heterocycles. The van der Waals surface area contributed by atoms with Crippen LogP contribution in [0.15, 0.2) is 54.2 Å². The maximum absolute atomic E-state index is 17.0. The molecule has 9 rings (SSSR count). The Kier molecular flexibility index (Phi) is 7.65. The van der Waals surface area contributed by atoms with Crippen molar-refractivity contribution in [3.8, 4) is 17.3 Å². The minimum atomic E-state index is -1.63. The minimum absolute atomic E-state index is 0.0240. The van der Waals surface area contributed by atoms with Gasteiger partial charge in [-0.1, -0.05) is 36.4 Å². The largest absolute Gasteiger partial charge is 0.461 e. The molecule has 0 aliphatic carbocycles. The quantitative estimate of drug-likeness (QED) is 0.258. The molecule has 12 heteroatoms. The number of carbonyl (C=O) groups excluding carboxylic acids is 1. The number of carbonyl (C=O) groups is 1. The monoisotopic (exact) mass is 658 g/mol. The number of alkyl carbamates (subject to hydrolysis) is 1. The summed E-state index contributed by atoms with van der Waals surface area (Å²) in [6, 6.07) is 11.7. The Balaban J connectivity index is 1.28. The lowest BCUT2D eigenvalue weighted by atomic mass is 9.91. The Labute approximate surface area is 276 Å². The van der Waals surface area contributed by atoms with Crippen LogP contribution in [0.2, 0.25) is 0 Å². The van der Waals surface area contributed by atoms with E-state index >= 15 is 4.39 Å². The maximum atomic E-state index is 17.0. The molecule has 0 saturated carbocycles. The van der Waals surface area contributed by atoms with Gasteiger partial charge in [0.25, 0.3) is 6.08 Å². The van der Waals surface area contributed by atoms with Crippen LogP contribution in [0.3, 0.4) is 0 Å². The second-order valence-electron chi connectivity index (χ2n) is 13.9. The number of piperidine rings is 1. The molecule has 5 aliphatic rings. The molecule has 2 atom stereocenters. The highest BCUT2D eigenvalue weighted by molar-refractivity contribution is 6.00. The van der Waals surface area contributed by atoms with Gasteiger partial charge in [-0.05, 0) is 74.8 Å². The van der Waals surface area contributed by atoms with Gasteiger partial charge in [-0.25, -0.2) is 9.18 Å². The molecule has 9 nitrogen and oxygen atoms in total. The number of ether oxygens (including phenoxy) is 2. The van der Waals surface area contributed by atoms with E-state index in [1.54, 1.807) is 6.20 Å². The second kappa shape index (κ2) is 11.9. The normalized spacial score (nSPS) is 24.5. The van der Waals surface area contributed by atoms with Gasteiger partial charge in [0.15, 0.2) is 5.82 Å². The molecular weight excluding hydrogens is 621 g/mol. The van der Waals surface area contributed by atoms with Gasteiger partial charge in [0.1, 0.15) is 23.6 Å². The average molecular weight is 659 g/mol. The van der Waals surface area contributed by atoms with Crippen LogP contribution in [-0.4, -0.2) is 76.4 Å². The van der Waals surface area contributed by atoms with Crippen molar-refractivity contribution >= 4 is 33.6 Å². The summed E-state index contributed by atoms with van der Waals surface area (Å²) in [5.41, 5.74) is 0.784. The molecule has 4 aromatic rings. The summed E-state index contributed by atoms with van der Waals surface area (Å²) in [5.74, 6) is -0.144. The predicted molar refractivity (Wildman–Crippen MR) is 176 cm³/mol. The number of halogens is 3. The van der Waals surface area contributed by atoms with Crippen molar-refractivity contribution in [3.05, 3.63) is 65.6 Å². The maximum Gasteiger partial charge on any atom is 0.407 e. The zero-order valence-electron chi connectivity index (χ0n) is 26.8. The average Bonchev–Trinajstić information content (AvgIpc) is 3.63. The number of benzene rings is 2. The fourth-order valence-electron chi connectivity index (χ4n) is 8.24. The molecule has 1 amide bonds. The summed E-state index contributed by atoms with van der Waals surface area (Å²) in [4.78, 5) is 31.2. The molecule has 250 valence electrons. The van der Waals surface area contributed by atoms with Gasteiger partial charge < -0.3 is 19.7 Å². The van der Waals surface area contributed by atoms with E-state index in [-0.39, 0.29) is 49.0 Å². The van der Waals surface area contributed by atoms with Gasteiger partial charge in [0, 0.05) is 37.0 Å².